The van der Waals surface area contributed by atoms with E-state index in [1.807, 2.05) is 0 Å². The standard InChI is InChI=1S/C15H11ClN2O3/c16-12-8-6-11(7-9-12)14(19)18-17-13(15(20)21)10-4-2-1-3-5-10/h1-9H,(H,18,19)(H,20,21)/b17-13-. The first-order valence-corrected chi connectivity index (χ1v) is 6.38. The number of aliphatic carboxylic acids is 1. The summed E-state index contributed by atoms with van der Waals surface area (Å²) in [6.07, 6.45) is 0. The molecule has 0 saturated carbocycles. The van der Waals surface area contributed by atoms with Gasteiger partial charge in [0.15, 0.2) is 5.71 Å². The smallest absolute Gasteiger partial charge is 0.356 e. The Balaban J connectivity index is 2.19. The van der Waals surface area contributed by atoms with Crippen LogP contribution in [0.2, 0.25) is 5.02 Å². The minimum atomic E-state index is -1.22. The van der Waals surface area contributed by atoms with Gasteiger partial charge in [0, 0.05) is 16.1 Å². The van der Waals surface area contributed by atoms with Crippen molar-refractivity contribution >= 4 is 29.2 Å². The number of carbonyl (C=O) groups is 2. The van der Waals surface area contributed by atoms with Crippen molar-refractivity contribution in [1.82, 2.24) is 5.43 Å². The van der Waals surface area contributed by atoms with E-state index in [-0.39, 0.29) is 5.71 Å². The highest BCUT2D eigenvalue weighted by Gasteiger charge is 2.13. The zero-order valence-electron chi connectivity index (χ0n) is 10.8. The molecule has 0 atom stereocenters. The van der Waals surface area contributed by atoms with Crippen LogP contribution in [0.15, 0.2) is 59.7 Å². The van der Waals surface area contributed by atoms with Gasteiger partial charge < -0.3 is 5.11 Å². The number of carbonyl (C=O) groups excluding carboxylic acids is 1. The van der Waals surface area contributed by atoms with E-state index in [9.17, 15) is 9.59 Å². The molecule has 1 amide bonds. The minimum Gasteiger partial charge on any atom is -0.476 e. The molecular weight excluding hydrogens is 292 g/mol. The van der Waals surface area contributed by atoms with Crippen LogP contribution in [-0.2, 0) is 4.79 Å². The minimum absolute atomic E-state index is 0.238. The van der Waals surface area contributed by atoms with Gasteiger partial charge in [0.1, 0.15) is 0 Å². The summed E-state index contributed by atoms with van der Waals surface area (Å²) in [6, 6.07) is 14.5. The first kappa shape index (κ1) is 14.7. The summed E-state index contributed by atoms with van der Waals surface area (Å²) < 4.78 is 0. The summed E-state index contributed by atoms with van der Waals surface area (Å²) in [5, 5.41) is 13.3. The van der Waals surface area contributed by atoms with Crippen LogP contribution in [0.4, 0.5) is 0 Å². The molecule has 5 nitrogen and oxygen atoms in total. The summed E-state index contributed by atoms with van der Waals surface area (Å²) in [7, 11) is 0. The summed E-state index contributed by atoms with van der Waals surface area (Å²) in [4.78, 5) is 23.1. The Hall–Kier alpha value is -2.66. The Labute approximate surface area is 125 Å². The number of hydrogen-bond donors (Lipinski definition) is 2. The van der Waals surface area contributed by atoms with E-state index in [0.717, 1.165) is 0 Å². The van der Waals surface area contributed by atoms with Gasteiger partial charge in [-0.25, -0.2) is 10.2 Å². The average Bonchev–Trinajstić information content (AvgIpc) is 2.48. The monoisotopic (exact) mass is 302 g/mol. The first-order valence-electron chi connectivity index (χ1n) is 6.00. The number of amides is 1. The number of benzene rings is 2. The molecule has 0 unspecified atom stereocenters. The molecule has 0 bridgehead atoms. The van der Waals surface area contributed by atoms with Gasteiger partial charge in [0.25, 0.3) is 5.91 Å². The maximum atomic E-state index is 11.9. The second-order valence-electron chi connectivity index (χ2n) is 4.08. The Morgan fingerprint density at radius 3 is 2.14 bits per heavy atom. The Morgan fingerprint density at radius 2 is 1.57 bits per heavy atom. The molecule has 0 aliphatic heterocycles. The molecule has 0 aromatic heterocycles. The van der Waals surface area contributed by atoms with Crippen molar-refractivity contribution in [3.63, 3.8) is 0 Å². The van der Waals surface area contributed by atoms with Gasteiger partial charge in [-0.1, -0.05) is 41.9 Å². The van der Waals surface area contributed by atoms with Gasteiger partial charge in [-0.05, 0) is 24.3 Å². The van der Waals surface area contributed by atoms with Gasteiger partial charge in [-0.3, -0.25) is 4.79 Å². The SMILES string of the molecule is O=C(O)/C(=N\NC(=O)c1ccc(Cl)cc1)c1ccccc1. The quantitative estimate of drug-likeness (QED) is 0.673. The maximum Gasteiger partial charge on any atom is 0.356 e. The second-order valence-corrected chi connectivity index (χ2v) is 4.52. The summed E-state index contributed by atoms with van der Waals surface area (Å²) in [5.74, 6) is -1.74. The van der Waals surface area contributed by atoms with Crippen molar-refractivity contribution in [3.8, 4) is 0 Å². The number of carboxylic acid groups (broad SMARTS) is 1. The van der Waals surface area contributed by atoms with E-state index >= 15 is 0 Å². The number of hydrogen-bond acceptors (Lipinski definition) is 3. The van der Waals surface area contributed by atoms with E-state index in [2.05, 4.69) is 10.5 Å². The lowest BCUT2D eigenvalue weighted by molar-refractivity contribution is -0.129. The zero-order valence-corrected chi connectivity index (χ0v) is 11.5. The average molecular weight is 303 g/mol. The van der Waals surface area contributed by atoms with Crippen LogP contribution < -0.4 is 5.43 Å². The highest BCUT2D eigenvalue weighted by Crippen LogP contribution is 2.09. The molecule has 2 N–H and O–H groups in total. The molecule has 2 aromatic carbocycles. The fourth-order valence-corrected chi connectivity index (χ4v) is 1.73. The molecule has 0 fully saturated rings. The predicted octanol–water partition coefficient (Wildman–Crippen LogP) is 2.56. The zero-order chi connectivity index (χ0) is 15.2. The van der Waals surface area contributed by atoms with E-state index in [4.69, 9.17) is 16.7 Å². The van der Waals surface area contributed by atoms with Crippen molar-refractivity contribution in [1.29, 1.82) is 0 Å². The van der Waals surface area contributed by atoms with Crippen LogP contribution in [-0.4, -0.2) is 22.7 Å². The Kier molecular flexibility index (Phi) is 4.68. The summed E-state index contributed by atoms with van der Waals surface area (Å²) in [5.41, 5.74) is 2.72. The van der Waals surface area contributed by atoms with Crippen LogP contribution in [0.1, 0.15) is 15.9 Å². The van der Waals surface area contributed by atoms with Gasteiger partial charge in [-0.2, -0.15) is 5.10 Å². The molecular formula is C15H11ClN2O3. The molecule has 21 heavy (non-hydrogen) atoms. The van der Waals surface area contributed by atoms with Gasteiger partial charge >= 0.3 is 5.97 Å². The van der Waals surface area contributed by atoms with E-state index in [1.165, 1.54) is 12.1 Å². The third-order valence-corrected chi connectivity index (χ3v) is 2.88. The van der Waals surface area contributed by atoms with Gasteiger partial charge in [0.2, 0.25) is 0 Å². The number of hydrazone groups is 1. The second kappa shape index (κ2) is 6.67. The molecule has 6 heteroatoms. The van der Waals surface area contributed by atoms with Crippen LogP contribution in [0.25, 0.3) is 0 Å². The third-order valence-electron chi connectivity index (χ3n) is 2.63. The Bertz CT molecular complexity index is 682. The molecule has 0 saturated heterocycles. The lowest BCUT2D eigenvalue weighted by Crippen LogP contribution is -2.24. The maximum absolute atomic E-state index is 11.9. The molecule has 0 aliphatic rings. The van der Waals surface area contributed by atoms with Crippen molar-refractivity contribution < 1.29 is 14.7 Å². The van der Waals surface area contributed by atoms with Gasteiger partial charge in [-0.15, -0.1) is 0 Å². The molecule has 2 aromatic rings. The topological polar surface area (TPSA) is 78.8 Å². The molecule has 2 rings (SSSR count). The van der Waals surface area contributed by atoms with Crippen molar-refractivity contribution in [2.75, 3.05) is 0 Å². The molecule has 0 radical (unpaired) electrons. The molecule has 0 spiro atoms. The number of halogens is 1. The van der Waals surface area contributed by atoms with Crippen molar-refractivity contribution in [3.05, 3.63) is 70.7 Å². The van der Waals surface area contributed by atoms with E-state index < -0.39 is 11.9 Å². The largest absolute Gasteiger partial charge is 0.476 e. The fraction of sp³-hybridized carbons (Fsp3) is 0. The highest BCUT2D eigenvalue weighted by atomic mass is 35.5. The van der Waals surface area contributed by atoms with Gasteiger partial charge in [0.05, 0.1) is 0 Å². The van der Waals surface area contributed by atoms with Crippen LogP contribution >= 0.6 is 11.6 Å². The van der Waals surface area contributed by atoms with E-state index in [0.29, 0.717) is 16.1 Å². The molecule has 106 valence electrons. The Morgan fingerprint density at radius 1 is 0.952 bits per heavy atom. The third kappa shape index (κ3) is 3.90. The number of nitrogens with one attached hydrogen (secondary N) is 1. The van der Waals surface area contributed by atoms with Crippen LogP contribution in [0.3, 0.4) is 0 Å². The van der Waals surface area contributed by atoms with Crippen molar-refractivity contribution in [2.45, 2.75) is 0 Å². The van der Waals surface area contributed by atoms with Crippen LogP contribution in [0, 0.1) is 0 Å². The number of rotatable bonds is 4. The summed E-state index contributed by atoms with van der Waals surface area (Å²) >= 11 is 5.73. The first-order chi connectivity index (χ1) is 10.1. The van der Waals surface area contributed by atoms with Crippen molar-refractivity contribution in [2.24, 2.45) is 5.10 Å². The van der Waals surface area contributed by atoms with Crippen LogP contribution in [0.5, 0.6) is 0 Å². The number of carboxylic acids is 1. The van der Waals surface area contributed by atoms with E-state index in [1.54, 1.807) is 42.5 Å². The fourth-order valence-electron chi connectivity index (χ4n) is 1.60. The normalized spacial score (nSPS) is 11.0. The predicted molar refractivity (Wildman–Crippen MR) is 79.5 cm³/mol. The summed E-state index contributed by atoms with van der Waals surface area (Å²) in [6.45, 7) is 0. The lowest BCUT2D eigenvalue weighted by atomic mass is 10.1. The number of nitrogens with zero attached hydrogens (tertiary/aromatic N) is 1. The molecule has 0 aliphatic carbocycles. The highest BCUT2D eigenvalue weighted by molar-refractivity contribution is 6.42. The lowest BCUT2D eigenvalue weighted by Gasteiger charge is -2.03. The molecule has 0 heterocycles.